The number of carbonyl (C=O) groups is 2. The van der Waals surface area contributed by atoms with Gasteiger partial charge in [0.25, 0.3) is 0 Å². The molecular weight excluding hydrogens is 536 g/mol. The van der Waals surface area contributed by atoms with E-state index in [2.05, 4.69) is 44.0 Å². The van der Waals surface area contributed by atoms with E-state index >= 15 is 0 Å². The van der Waals surface area contributed by atoms with Gasteiger partial charge in [0.1, 0.15) is 6.42 Å². The molecule has 1 amide bonds. The maximum absolute atomic E-state index is 12.2. The Labute approximate surface area is 197 Å². The molecule has 0 saturated carbocycles. The van der Waals surface area contributed by atoms with Crippen LogP contribution in [0, 0.1) is 5.92 Å². The fourth-order valence-electron chi connectivity index (χ4n) is 4.75. The SMILES string of the molecule is O=C(O)CC(=O)N1CCC(C2c3ncc(Br)cc3CCc3cc(Cl)cc(Br)c32)CC1. The lowest BCUT2D eigenvalue weighted by molar-refractivity contribution is -0.144. The molecule has 4 rings (SSSR count). The highest BCUT2D eigenvalue weighted by Gasteiger charge is 2.36. The smallest absolute Gasteiger partial charge is 0.312 e. The molecule has 2 aromatic rings. The number of halogens is 3. The van der Waals surface area contributed by atoms with Crippen LogP contribution in [0.3, 0.4) is 0 Å². The van der Waals surface area contributed by atoms with Gasteiger partial charge in [0.15, 0.2) is 0 Å². The molecule has 5 nitrogen and oxygen atoms in total. The van der Waals surface area contributed by atoms with Crippen LogP contribution in [-0.4, -0.2) is 40.0 Å². The van der Waals surface area contributed by atoms with Gasteiger partial charge in [-0.1, -0.05) is 27.5 Å². The van der Waals surface area contributed by atoms with E-state index in [4.69, 9.17) is 21.7 Å². The average Bonchev–Trinajstić information content (AvgIpc) is 2.84. The third-order valence-electron chi connectivity index (χ3n) is 6.08. The highest BCUT2D eigenvalue weighted by atomic mass is 79.9. The second kappa shape index (κ2) is 8.97. The van der Waals surface area contributed by atoms with Gasteiger partial charge in [-0.3, -0.25) is 14.6 Å². The molecule has 1 aliphatic carbocycles. The predicted octanol–water partition coefficient (Wildman–Crippen LogP) is 5.20. The first-order chi connectivity index (χ1) is 14.3. The molecule has 8 heteroatoms. The second-order valence-electron chi connectivity index (χ2n) is 7.92. The van der Waals surface area contributed by atoms with Crippen molar-refractivity contribution in [2.75, 3.05) is 13.1 Å². The van der Waals surface area contributed by atoms with Crippen molar-refractivity contribution >= 4 is 55.3 Å². The number of carboxylic acids is 1. The number of aromatic nitrogens is 1. The summed E-state index contributed by atoms with van der Waals surface area (Å²) < 4.78 is 1.97. The number of carbonyl (C=O) groups excluding carboxylic acids is 1. The second-order valence-corrected chi connectivity index (χ2v) is 10.1. The lowest BCUT2D eigenvalue weighted by atomic mass is 9.76. The Kier molecular flexibility index (Phi) is 6.51. The van der Waals surface area contributed by atoms with Gasteiger partial charge in [-0.2, -0.15) is 0 Å². The number of fused-ring (bicyclic) bond motifs is 2. The van der Waals surface area contributed by atoms with E-state index in [0.29, 0.717) is 24.0 Å². The van der Waals surface area contributed by atoms with Crippen LogP contribution in [-0.2, 0) is 22.4 Å². The highest BCUT2D eigenvalue weighted by Crippen LogP contribution is 2.46. The molecule has 1 N–H and O–H groups in total. The van der Waals surface area contributed by atoms with E-state index in [1.807, 2.05) is 12.3 Å². The summed E-state index contributed by atoms with van der Waals surface area (Å²) in [5.74, 6) is -0.975. The van der Waals surface area contributed by atoms with E-state index in [1.165, 1.54) is 16.7 Å². The standard InChI is InChI=1S/C22H21Br2ClN2O3/c23-15-7-14-2-1-13-8-16(25)9-17(24)20(13)21(22(14)26-11-15)12-3-5-27(6-4-12)18(28)10-19(29)30/h7-9,11-12,21H,1-6,10H2,(H,29,30). The van der Waals surface area contributed by atoms with Gasteiger partial charge in [0.2, 0.25) is 5.91 Å². The number of pyridine rings is 1. The first-order valence-corrected chi connectivity index (χ1v) is 11.9. The lowest BCUT2D eigenvalue weighted by Crippen LogP contribution is -2.40. The van der Waals surface area contributed by atoms with E-state index in [1.54, 1.807) is 4.90 Å². The number of rotatable bonds is 3. The Hall–Kier alpha value is -1.44. The minimum atomic E-state index is -1.08. The number of aliphatic carboxylic acids is 1. The Bertz CT molecular complexity index is 1010. The summed E-state index contributed by atoms with van der Waals surface area (Å²) in [7, 11) is 0. The Morgan fingerprint density at radius 3 is 2.53 bits per heavy atom. The molecule has 2 aliphatic rings. The summed E-state index contributed by atoms with van der Waals surface area (Å²) in [6.45, 7) is 1.14. The zero-order valence-corrected chi connectivity index (χ0v) is 20.1. The molecule has 0 spiro atoms. The molecule has 1 aromatic carbocycles. The zero-order chi connectivity index (χ0) is 21.4. The first-order valence-electron chi connectivity index (χ1n) is 9.95. The summed E-state index contributed by atoms with van der Waals surface area (Å²) in [6, 6.07) is 6.16. The van der Waals surface area contributed by atoms with Crippen LogP contribution in [0.1, 0.15) is 47.6 Å². The van der Waals surface area contributed by atoms with Gasteiger partial charge in [-0.05, 0) is 82.4 Å². The van der Waals surface area contributed by atoms with Crippen LogP contribution in [0.4, 0.5) is 0 Å². The molecule has 158 valence electrons. The molecule has 1 aliphatic heterocycles. The van der Waals surface area contributed by atoms with E-state index < -0.39 is 12.4 Å². The number of hydrogen-bond donors (Lipinski definition) is 1. The molecule has 1 unspecified atom stereocenters. The molecule has 1 atom stereocenters. The van der Waals surface area contributed by atoms with Crippen LogP contribution in [0.2, 0.25) is 5.02 Å². The van der Waals surface area contributed by atoms with Crippen LogP contribution in [0.15, 0.2) is 33.3 Å². The van der Waals surface area contributed by atoms with Gasteiger partial charge >= 0.3 is 5.97 Å². The highest BCUT2D eigenvalue weighted by molar-refractivity contribution is 9.10. The van der Waals surface area contributed by atoms with Crippen molar-refractivity contribution in [3.05, 3.63) is 60.7 Å². The monoisotopic (exact) mass is 554 g/mol. The molecule has 0 radical (unpaired) electrons. The normalized spacial score (nSPS) is 19.0. The average molecular weight is 557 g/mol. The summed E-state index contributed by atoms with van der Waals surface area (Å²) in [6.07, 6.45) is 4.81. The van der Waals surface area contributed by atoms with Crippen molar-refractivity contribution in [3.63, 3.8) is 0 Å². The number of benzene rings is 1. The van der Waals surface area contributed by atoms with Crippen LogP contribution in [0.25, 0.3) is 0 Å². The number of likely N-dealkylation sites (tertiary alicyclic amines) is 1. The van der Waals surface area contributed by atoms with Gasteiger partial charge in [0.05, 0.1) is 5.69 Å². The maximum Gasteiger partial charge on any atom is 0.312 e. The molecule has 2 heterocycles. The molecule has 1 aromatic heterocycles. The van der Waals surface area contributed by atoms with Gasteiger partial charge in [0, 0.05) is 39.2 Å². The topological polar surface area (TPSA) is 70.5 Å². The minimum absolute atomic E-state index is 0.106. The number of piperidine rings is 1. The molecule has 30 heavy (non-hydrogen) atoms. The number of carboxylic acid groups (broad SMARTS) is 1. The van der Waals surface area contributed by atoms with Crippen LogP contribution in [0.5, 0.6) is 0 Å². The van der Waals surface area contributed by atoms with Crippen molar-refractivity contribution in [1.82, 2.24) is 9.88 Å². The quantitative estimate of drug-likeness (QED) is 0.528. The van der Waals surface area contributed by atoms with Crippen molar-refractivity contribution in [2.24, 2.45) is 5.92 Å². The Morgan fingerprint density at radius 2 is 1.83 bits per heavy atom. The molecule has 1 fully saturated rings. The third-order valence-corrected chi connectivity index (χ3v) is 7.39. The lowest BCUT2D eigenvalue weighted by Gasteiger charge is -2.37. The summed E-state index contributed by atoms with van der Waals surface area (Å²) in [5, 5.41) is 9.64. The van der Waals surface area contributed by atoms with E-state index in [9.17, 15) is 9.59 Å². The third kappa shape index (κ3) is 4.43. The zero-order valence-electron chi connectivity index (χ0n) is 16.2. The van der Waals surface area contributed by atoms with E-state index in [0.717, 1.165) is 40.3 Å². The number of nitrogens with zero attached hydrogens (tertiary/aromatic N) is 2. The fraction of sp³-hybridized carbons (Fsp3) is 0.409. The number of aryl methyl sites for hydroxylation is 2. The Balaban J connectivity index is 1.69. The van der Waals surface area contributed by atoms with Crippen molar-refractivity contribution in [1.29, 1.82) is 0 Å². The van der Waals surface area contributed by atoms with Gasteiger partial charge in [-0.15, -0.1) is 0 Å². The molecule has 0 bridgehead atoms. The van der Waals surface area contributed by atoms with Crippen molar-refractivity contribution in [3.8, 4) is 0 Å². The fourth-order valence-corrected chi connectivity index (χ4v) is 6.25. The summed E-state index contributed by atoms with van der Waals surface area (Å²) >= 11 is 13.7. The largest absolute Gasteiger partial charge is 0.481 e. The summed E-state index contributed by atoms with van der Waals surface area (Å²) in [4.78, 5) is 29.6. The van der Waals surface area contributed by atoms with Crippen molar-refractivity contribution < 1.29 is 14.7 Å². The van der Waals surface area contributed by atoms with Crippen LogP contribution < -0.4 is 0 Å². The Morgan fingerprint density at radius 1 is 1.13 bits per heavy atom. The summed E-state index contributed by atoms with van der Waals surface area (Å²) in [5.41, 5.74) is 4.80. The molecule has 1 saturated heterocycles. The number of hydrogen-bond acceptors (Lipinski definition) is 3. The van der Waals surface area contributed by atoms with Gasteiger partial charge in [-0.25, -0.2) is 0 Å². The van der Waals surface area contributed by atoms with Crippen molar-refractivity contribution in [2.45, 2.75) is 38.0 Å². The predicted molar refractivity (Wildman–Crippen MR) is 122 cm³/mol. The molecular formula is C22H21Br2ClN2O3. The maximum atomic E-state index is 12.2. The van der Waals surface area contributed by atoms with Gasteiger partial charge < -0.3 is 10.0 Å². The van der Waals surface area contributed by atoms with E-state index in [-0.39, 0.29) is 11.8 Å². The first kappa shape index (κ1) is 21.8. The van der Waals surface area contributed by atoms with Crippen LogP contribution >= 0.6 is 43.5 Å². The number of amides is 1. The minimum Gasteiger partial charge on any atom is -0.481 e.